The first kappa shape index (κ1) is 13.3. The molecule has 5 nitrogen and oxygen atoms in total. The molecule has 0 radical (unpaired) electrons. The smallest absolute Gasteiger partial charge is 1.00 e. The van der Waals surface area contributed by atoms with Gasteiger partial charge in [0.2, 0.25) is 0 Å². The molecule has 0 aliphatic heterocycles. The normalized spacial score (nSPS) is 10.6. The van der Waals surface area contributed by atoms with Crippen molar-refractivity contribution in [1.29, 1.82) is 0 Å². The van der Waals surface area contributed by atoms with E-state index in [0.29, 0.717) is 0 Å². The van der Waals surface area contributed by atoms with Crippen molar-refractivity contribution in [2.24, 2.45) is 0 Å². The van der Waals surface area contributed by atoms with E-state index < -0.39 is 7.82 Å². The molecule has 9 heavy (non-hydrogen) atoms. The van der Waals surface area contributed by atoms with Gasteiger partial charge in [0.15, 0.2) is 0 Å². The van der Waals surface area contributed by atoms with Gasteiger partial charge in [0.05, 0.1) is 13.2 Å². The minimum atomic E-state index is -4.34. The summed E-state index contributed by atoms with van der Waals surface area (Å²) in [5.74, 6) is 0. The summed E-state index contributed by atoms with van der Waals surface area (Å²) in [4.78, 5) is 15.9. The van der Waals surface area contributed by atoms with E-state index in [0.717, 1.165) is 0 Å². The van der Waals surface area contributed by atoms with Crippen LogP contribution in [0.1, 0.15) is 1.43 Å². The van der Waals surface area contributed by atoms with Crippen LogP contribution in [0.3, 0.4) is 0 Å². The maximum atomic E-state index is 9.75. The van der Waals surface area contributed by atoms with Gasteiger partial charge in [-0.05, 0) is 0 Å². The number of hydrogen-bond donors (Lipinski definition) is 3. The van der Waals surface area contributed by atoms with Gasteiger partial charge in [-0.2, -0.15) is 0 Å². The molecule has 0 heterocycles. The molecule has 0 saturated carbocycles. The molecule has 0 aromatic carbocycles. The van der Waals surface area contributed by atoms with Gasteiger partial charge in [-0.1, -0.05) is 0 Å². The van der Waals surface area contributed by atoms with Crippen LogP contribution in [0, 0.1) is 0 Å². The molecule has 52 valence electrons. The Morgan fingerprint density at radius 3 is 2.11 bits per heavy atom. The fraction of sp³-hybridized carbons (Fsp3) is 1.00. The molecule has 0 aliphatic rings. The van der Waals surface area contributed by atoms with Crippen LogP contribution < -0.4 is 51.4 Å². The fourth-order valence-electron chi connectivity index (χ4n) is 0.160. The molecule has 7 heteroatoms. The second-order valence-corrected chi connectivity index (χ2v) is 2.29. The first-order valence-electron chi connectivity index (χ1n) is 1.87. The molecule has 0 aromatic rings. The van der Waals surface area contributed by atoms with Crippen LogP contribution in [0.25, 0.3) is 0 Å². The van der Waals surface area contributed by atoms with Crippen LogP contribution in [-0.4, -0.2) is 28.1 Å². The van der Waals surface area contributed by atoms with Crippen molar-refractivity contribution in [3.8, 4) is 0 Å². The third-order valence-corrected chi connectivity index (χ3v) is 0.870. The molecule has 0 bridgehead atoms. The van der Waals surface area contributed by atoms with Gasteiger partial charge in [0, 0.05) is 0 Å². The van der Waals surface area contributed by atoms with E-state index >= 15 is 0 Å². The van der Waals surface area contributed by atoms with E-state index in [4.69, 9.17) is 14.9 Å². The van der Waals surface area contributed by atoms with Gasteiger partial charge < -0.3 is 16.3 Å². The Kier molecular flexibility index (Phi) is 9.49. The summed E-state index contributed by atoms with van der Waals surface area (Å²) in [6.07, 6.45) is 0. The number of phosphoric acid groups is 1. The molecule has 3 N–H and O–H groups in total. The molecular weight excluding hydrogens is 174 g/mol. The first-order chi connectivity index (χ1) is 3.56. The first-order valence-corrected chi connectivity index (χ1v) is 3.40. The second kappa shape index (κ2) is 6.42. The molecule has 0 rings (SSSR count). The Labute approximate surface area is 96.6 Å². The Bertz CT molecular complexity index is 104. The summed E-state index contributed by atoms with van der Waals surface area (Å²) in [6.45, 7) is -0.713. The quantitative estimate of drug-likeness (QED) is 0.308. The van der Waals surface area contributed by atoms with E-state index in [1.54, 1.807) is 0 Å². The molecule has 0 unspecified atom stereocenters. The van der Waals surface area contributed by atoms with Gasteiger partial charge in [0.1, 0.15) is 0 Å². The molecule has 0 fully saturated rings. The van der Waals surface area contributed by atoms with Crippen LogP contribution in [0.2, 0.25) is 0 Å². The number of rotatable bonds is 3. The van der Waals surface area contributed by atoms with Crippen LogP contribution in [0.4, 0.5) is 0 Å². The van der Waals surface area contributed by atoms with E-state index in [-0.39, 0.29) is 66.0 Å². The minimum Gasteiger partial charge on any atom is -1.00 e. The van der Waals surface area contributed by atoms with Crippen LogP contribution in [-0.2, 0) is 9.09 Å². The molecule has 0 aliphatic carbocycles. The number of phosphoric ester groups is 1. The zero-order valence-corrected chi connectivity index (χ0v) is 9.04. The Morgan fingerprint density at radius 1 is 1.56 bits per heavy atom. The van der Waals surface area contributed by atoms with Gasteiger partial charge in [0.25, 0.3) is 0 Å². The Hall–Kier alpha value is 1.71. The topological polar surface area (TPSA) is 87.0 Å². The van der Waals surface area contributed by atoms with Crippen LogP contribution in [0.15, 0.2) is 0 Å². The van der Waals surface area contributed by atoms with Crippen LogP contribution in [0.5, 0.6) is 0 Å². The number of aliphatic hydroxyl groups excluding tert-OH is 1. The van der Waals surface area contributed by atoms with E-state index in [1.807, 2.05) is 0 Å². The average Bonchev–Trinajstić information content (AvgIpc) is 1.59. The fourth-order valence-corrected chi connectivity index (χ4v) is 0.479. The summed E-state index contributed by atoms with van der Waals surface area (Å²) in [6, 6.07) is 0. The third kappa shape index (κ3) is 12.8. The Morgan fingerprint density at radius 2 is 2.00 bits per heavy atom. The van der Waals surface area contributed by atoms with Crippen molar-refractivity contribution in [3.05, 3.63) is 0 Å². The standard InChI is InChI=1S/C2H7O5P.K.H/c3-1-2-7-8(4,5)6;;/h3H,1-2H2,(H2,4,5,6);;/q;+1;-1. The van der Waals surface area contributed by atoms with Crippen molar-refractivity contribution in [3.63, 3.8) is 0 Å². The molecule has 0 amide bonds. The molecular formula is C2H8KO5P. The van der Waals surface area contributed by atoms with E-state index in [9.17, 15) is 4.57 Å². The average molecular weight is 182 g/mol. The number of hydrogen-bond acceptors (Lipinski definition) is 3. The summed E-state index contributed by atoms with van der Waals surface area (Å²) in [7, 11) is -4.34. The SMILES string of the molecule is O=P(O)(O)OCCO.[H-].[K+]. The Balaban J connectivity index is -0.000000245. The van der Waals surface area contributed by atoms with Crippen LogP contribution >= 0.6 is 7.82 Å². The minimum absolute atomic E-state index is 0. The molecule has 0 aromatic heterocycles. The summed E-state index contributed by atoms with van der Waals surface area (Å²) >= 11 is 0. The van der Waals surface area contributed by atoms with Gasteiger partial charge in [-0.25, -0.2) is 4.57 Å². The van der Waals surface area contributed by atoms with E-state index in [2.05, 4.69) is 4.52 Å². The van der Waals surface area contributed by atoms with Crippen molar-refractivity contribution in [1.82, 2.24) is 0 Å². The predicted octanol–water partition coefficient (Wildman–Crippen LogP) is -3.80. The molecule has 0 atom stereocenters. The van der Waals surface area contributed by atoms with Gasteiger partial charge in [-0.15, -0.1) is 0 Å². The predicted molar refractivity (Wildman–Crippen MR) is 26.2 cm³/mol. The van der Waals surface area contributed by atoms with Crippen molar-refractivity contribution in [2.45, 2.75) is 0 Å². The largest absolute Gasteiger partial charge is 1.00 e. The summed E-state index contributed by atoms with van der Waals surface area (Å²) in [5, 5.41) is 7.96. The summed E-state index contributed by atoms with van der Waals surface area (Å²) in [5.41, 5.74) is 0. The maximum Gasteiger partial charge on any atom is 1.00 e. The van der Waals surface area contributed by atoms with Crippen molar-refractivity contribution < 1.29 is 76.8 Å². The van der Waals surface area contributed by atoms with Gasteiger partial charge in [-0.3, -0.25) is 4.52 Å². The monoisotopic (exact) mass is 182 g/mol. The number of aliphatic hydroxyl groups is 1. The zero-order valence-electron chi connectivity index (χ0n) is 6.02. The van der Waals surface area contributed by atoms with E-state index in [1.165, 1.54) is 0 Å². The third-order valence-electron chi connectivity index (χ3n) is 0.351. The molecule has 0 spiro atoms. The zero-order chi connectivity index (χ0) is 6.62. The second-order valence-electron chi connectivity index (χ2n) is 1.05. The molecule has 0 saturated heterocycles. The van der Waals surface area contributed by atoms with Gasteiger partial charge >= 0.3 is 59.2 Å². The summed E-state index contributed by atoms with van der Waals surface area (Å²) < 4.78 is 13.5. The van der Waals surface area contributed by atoms with Crippen molar-refractivity contribution >= 4 is 7.82 Å². The van der Waals surface area contributed by atoms with Crippen molar-refractivity contribution in [2.75, 3.05) is 13.2 Å². The maximum absolute atomic E-state index is 9.75.